The highest BCUT2D eigenvalue weighted by Crippen LogP contribution is 2.43. The average molecular weight is 504 g/mol. The summed E-state index contributed by atoms with van der Waals surface area (Å²) < 4.78 is 21.3. The SMILES string of the molecule is Cn1nnc(C2(F)C=CC=CC2c2cnc(CNC(=O)C3(NC(=O)OC(C)(C)C)CC3)c(Cl)c2)n1. The van der Waals surface area contributed by atoms with Crippen molar-refractivity contribution in [2.75, 3.05) is 0 Å². The van der Waals surface area contributed by atoms with Crippen LogP contribution in [-0.4, -0.2) is 48.3 Å². The summed E-state index contributed by atoms with van der Waals surface area (Å²) in [6.45, 7) is 5.29. The molecule has 0 spiro atoms. The summed E-state index contributed by atoms with van der Waals surface area (Å²) in [5.74, 6) is -1.18. The Morgan fingerprint density at radius 3 is 2.66 bits per heavy atom. The van der Waals surface area contributed by atoms with Gasteiger partial charge in [-0.25, -0.2) is 9.18 Å². The number of tetrazole rings is 1. The minimum Gasteiger partial charge on any atom is -0.444 e. The minimum absolute atomic E-state index is 0.0442. The van der Waals surface area contributed by atoms with Crippen LogP contribution >= 0.6 is 11.6 Å². The van der Waals surface area contributed by atoms with E-state index in [0.717, 1.165) is 0 Å². The molecule has 2 unspecified atom stereocenters. The van der Waals surface area contributed by atoms with E-state index in [1.807, 2.05) is 0 Å². The Bertz CT molecular complexity index is 1200. The maximum atomic E-state index is 16.0. The van der Waals surface area contributed by atoms with Gasteiger partial charge in [0.25, 0.3) is 0 Å². The number of ether oxygens (including phenoxy) is 1. The molecule has 1 saturated carbocycles. The van der Waals surface area contributed by atoms with E-state index in [1.165, 1.54) is 17.1 Å². The van der Waals surface area contributed by atoms with Gasteiger partial charge in [-0.2, -0.15) is 4.80 Å². The summed E-state index contributed by atoms with van der Waals surface area (Å²) in [6, 6.07) is 1.61. The fourth-order valence-electron chi connectivity index (χ4n) is 3.77. The van der Waals surface area contributed by atoms with Crippen LogP contribution in [0, 0.1) is 0 Å². The normalized spacial score (nSPS) is 22.5. The third kappa shape index (κ3) is 5.34. The Morgan fingerprint density at radius 2 is 2.06 bits per heavy atom. The third-order valence-corrected chi connectivity index (χ3v) is 6.02. The number of aromatic nitrogens is 5. The van der Waals surface area contributed by atoms with E-state index in [-0.39, 0.29) is 23.3 Å². The molecule has 0 saturated heterocycles. The molecule has 12 heteroatoms. The lowest BCUT2D eigenvalue weighted by Crippen LogP contribution is -2.50. The van der Waals surface area contributed by atoms with Gasteiger partial charge in [0, 0.05) is 12.1 Å². The number of halogens is 2. The first-order valence-corrected chi connectivity index (χ1v) is 11.5. The second kappa shape index (κ2) is 9.03. The van der Waals surface area contributed by atoms with Crippen LogP contribution in [0.1, 0.15) is 56.6 Å². The van der Waals surface area contributed by atoms with Gasteiger partial charge in [-0.15, -0.1) is 10.2 Å². The first-order valence-electron chi connectivity index (χ1n) is 11.2. The van der Waals surface area contributed by atoms with E-state index in [9.17, 15) is 9.59 Å². The number of pyridine rings is 1. The molecular formula is C23H27ClFN7O3. The van der Waals surface area contributed by atoms with Crippen LogP contribution in [0.3, 0.4) is 0 Å². The molecule has 1 fully saturated rings. The fourth-order valence-corrected chi connectivity index (χ4v) is 4.01. The quantitative estimate of drug-likeness (QED) is 0.621. The molecule has 2 N–H and O–H groups in total. The molecule has 0 aliphatic heterocycles. The maximum Gasteiger partial charge on any atom is 0.408 e. The van der Waals surface area contributed by atoms with Gasteiger partial charge in [-0.3, -0.25) is 9.78 Å². The molecule has 2 aromatic heterocycles. The molecule has 186 valence electrons. The lowest BCUT2D eigenvalue weighted by Gasteiger charge is -2.28. The van der Waals surface area contributed by atoms with Crippen LogP contribution in [0.5, 0.6) is 0 Å². The number of allylic oxidation sites excluding steroid dienone is 4. The van der Waals surface area contributed by atoms with E-state index in [0.29, 0.717) is 24.1 Å². The van der Waals surface area contributed by atoms with Crippen molar-refractivity contribution in [1.82, 2.24) is 35.8 Å². The van der Waals surface area contributed by atoms with Crippen molar-refractivity contribution >= 4 is 23.6 Å². The van der Waals surface area contributed by atoms with Crippen molar-refractivity contribution in [3.63, 3.8) is 0 Å². The predicted octanol–water partition coefficient (Wildman–Crippen LogP) is 3.01. The second-order valence-electron chi connectivity index (χ2n) is 9.68. The molecule has 4 rings (SSSR count). The van der Waals surface area contributed by atoms with Crippen molar-refractivity contribution in [2.45, 2.75) is 62.9 Å². The Kier molecular flexibility index (Phi) is 6.39. The van der Waals surface area contributed by atoms with Crippen LogP contribution in [-0.2, 0) is 28.8 Å². The number of amides is 2. The van der Waals surface area contributed by atoms with E-state index < -0.39 is 28.8 Å². The fraction of sp³-hybridized carbons (Fsp3) is 0.478. The van der Waals surface area contributed by atoms with Crippen molar-refractivity contribution in [3.05, 3.63) is 58.7 Å². The summed E-state index contributed by atoms with van der Waals surface area (Å²) in [4.78, 5) is 30.4. The van der Waals surface area contributed by atoms with Gasteiger partial charge in [-0.05, 0) is 56.5 Å². The van der Waals surface area contributed by atoms with Crippen LogP contribution in [0.15, 0.2) is 36.6 Å². The Hall–Kier alpha value is -3.34. The highest BCUT2D eigenvalue weighted by atomic mass is 35.5. The Labute approximate surface area is 207 Å². The van der Waals surface area contributed by atoms with Crippen molar-refractivity contribution in [3.8, 4) is 0 Å². The van der Waals surface area contributed by atoms with Gasteiger partial charge >= 0.3 is 6.09 Å². The number of nitrogens with one attached hydrogen (secondary N) is 2. The number of nitrogens with zero attached hydrogens (tertiary/aromatic N) is 5. The number of carbonyl (C=O) groups is 2. The van der Waals surface area contributed by atoms with Gasteiger partial charge in [0.1, 0.15) is 11.1 Å². The van der Waals surface area contributed by atoms with Crippen LogP contribution in [0.25, 0.3) is 0 Å². The summed E-state index contributed by atoms with van der Waals surface area (Å²) in [6.07, 6.45) is 8.26. The van der Waals surface area contributed by atoms with E-state index in [2.05, 4.69) is 31.0 Å². The van der Waals surface area contributed by atoms with Crippen molar-refractivity contribution in [2.24, 2.45) is 7.05 Å². The number of hydrogen-bond acceptors (Lipinski definition) is 7. The van der Waals surface area contributed by atoms with Gasteiger partial charge in [-0.1, -0.05) is 29.8 Å². The molecule has 2 atom stereocenters. The third-order valence-electron chi connectivity index (χ3n) is 5.70. The molecular weight excluding hydrogens is 477 g/mol. The molecule has 0 radical (unpaired) electrons. The molecule has 2 heterocycles. The van der Waals surface area contributed by atoms with E-state index >= 15 is 4.39 Å². The van der Waals surface area contributed by atoms with Gasteiger partial charge < -0.3 is 15.4 Å². The van der Waals surface area contributed by atoms with E-state index in [4.69, 9.17) is 16.3 Å². The van der Waals surface area contributed by atoms with Gasteiger partial charge in [0.05, 0.1) is 24.3 Å². The number of hydrogen-bond donors (Lipinski definition) is 2. The highest BCUT2D eigenvalue weighted by molar-refractivity contribution is 6.31. The van der Waals surface area contributed by atoms with Crippen LogP contribution in [0.4, 0.5) is 9.18 Å². The first kappa shape index (κ1) is 24.8. The van der Waals surface area contributed by atoms with Gasteiger partial charge in [0.15, 0.2) is 0 Å². The zero-order valence-corrected chi connectivity index (χ0v) is 20.6. The average Bonchev–Trinajstić information content (AvgIpc) is 3.41. The summed E-state index contributed by atoms with van der Waals surface area (Å²) in [7, 11) is 1.56. The molecule has 2 aliphatic rings. The molecule has 2 aromatic rings. The number of alkyl carbamates (subject to hydrolysis) is 1. The molecule has 35 heavy (non-hydrogen) atoms. The summed E-state index contributed by atoms with van der Waals surface area (Å²) in [5.41, 5.74) is -2.75. The Balaban J connectivity index is 1.43. The van der Waals surface area contributed by atoms with Crippen molar-refractivity contribution < 1.29 is 18.7 Å². The monoisotopic (exact) mass is 503 g/mol. The molecule has 10 nitrogen and oxygen atoms in total. The molecule has 2 amide bonds. The smallest absolute Gasteiger partial charge is 0.408 e. The standard InChI is InChI=1S/C23H27ClFN7O3/c1-21(2,3)35-20(34)28-22(9-10-22)19(33)27-13-17-16(24)11-14(12-26-17)15-7-5-6-8-23(15,25)18-29-31-32(4)30-18/h5-8,11-12,15H,9-10,13H2,1-4H3,(H,27,33)(H,28,34). The Morgan fingerprint density at radius 1 is 1.31 bits per heavy atom. The second-order valence-corrected chi connectivity index (χ2v) is 10.1. The molecule has 2 aliphatic carbocycles. The van der Waals surface area contributed by atoms with Crippen LogP contribution in [0.2, 0.25) is 5.02 Å². The largest absolute Gasteiger partial charge is 0.444 e. The lowest BCUT2D eigenvalue weighted by atomic mass is 9.80. The topological polar surface area (TPSA) is 124 Å². The van der Waals surface area contributed by atoms with Crippen LogP contribution < -0.4 is 10.6 Å². The minimum atomic E-state index is -2.02. The number of aryl methyl sites for hydroxylation is 1. The number of alkyl halides is 1. The molecule has 0 bridgehead atoms. The molecule has 0 aromatic carbocycles. The summed E-state index contributed by atoms with van der Waals surface area (Å²) >= 11 is 6.45. The first-order chi connectivity index (χ1) is 16.4. The maximum absolute atomic E-state index is 16.0. The number of rotatable bonds is 6. The van der Waals surface area contributed by atoms with Crippen molar-refractivity contribution in [1.29, 1.82) is 0 Å². The zero-order chi connectivity index (χ0) is 25.4. The highest BCUT2D eigenvalue weighted by Gasteiger charge is 2.52. The number of carbonyl (C=O) groups excluding carboxylic acids is 2. The summed E-state index contributed by atoms with van der Waals surface area (Å²) in [5, 5.41) is 17.3. The predicted molar refractivity (Wildman–Crippen MR) is 125 cm³/mol. The zero-order valence-electron chi connectivity index (χ0n) is 19.9. The lowest BCUT2D eigenvalue weighted by molar-refractivity contribution is -0.124. The van der Waals surface area contributed by atoms with E-state index in [1.54, 1.807) is 52.1 Å². The van der Waals surface area contributed by atoms with Gasteiger partial charge in [0.2, 0.25) is 17.4 Å².